The lowest BCUT2D eigenvalue weighted by molar-refractivity contribution is 0.0900. The molecule has 15 aromatic rings. The third kappa shape index (κ3) is 9.43. The van der Waals surface area contributed by atoms with Gasteiger partial charge in [-0.15, -0.1) is 0 Å². The van der Waals surface area contributed by atoms with Crippen LogP contribution in [0.15, 0.2) is 291 Å². The zero-order valence-electron chi connectivity index (χ0n) is 58.4. The summed E-state index contributed by atoms with van der Waals surface area (Å²) in [7, 11) is 0. The van der Waals surface area contributed by atoms with Crippen molar-refractivity contribution >= 4 is 107 Å². The van der Waals surface area contributed by atoms with Crippen molar-refractivity contribution in [3.8, 4) is 55.9 Å². The van der Waals surface area contributed by atoms with Crippen LogP contribution in [0.5, 0.6) is 0 Å². The van der Waals surface area contributed by atoms with E-state index in [2.05, 4.69) is 357 Å². The minimum Gasteiger partial charge on any atom is -0.365 e. The normalized spacial score (nSPS) is 17.5. The Morgan fingerprint density at radius 3 is 1.07 bits per heavy atom. The van der Waals surface area contributed by atoms with Gasteiger partial charge in [-0.25, -0.2) is 0 Å². The van der Waals surface area contributed by atoms with E-state index in [1.165, 1.54) is 148 Å². The maximum absolute atomic E-state index is 2.92. The monoisotopic (exact) mass is 1300 g/mol. The van der Waals surface area contributed by atoms with Crippen LogP contribution in [0.3, 0.4) is 0 Å². The minimum atomic E-state index is -0.198. The van der Waals surface area contributed by atoms with Crippen LogP contribution in [0, 0.1) is 11.8 Å². The molecular formula is C95H80BN5. The van der Waals surface area contributed by atoms with Crippen molar-refractivity contribution in [3.63, 3.8) is 0 Å². The fourth-order valence-electron chi connectivity index (χ4n) is 19.2. The molecular weight excluding hydrogens is 1220 g/mol. The molecule has 5 nitrogen and oxygen atoms in total. The highest BCUT2D eigenvalue weighted by Crippen LogP contribution is 2.56. The predicted octanol–water partition coefficient (Wildman–Crippen LogP) is 23.0. The first-order chi connectivity index (χ1) is 49.4. The van der Waals surface area contributed by atoms with Crippen molar-refractivity contribution in [2.75, 3.05) is 14.7 Å². The van der Waals surface area contributed by atoms with E-state index < -0.39 is 0 Å². The van der Waals surface area contributed by atoms with Gasteiger partial charge in [0.25, 0.3) is 6.71 Å². The first-order valence-corrected chi connectivity index (χ1v) is 36.8. The number of para-hydroxylation sites is 4. The first-order valence-electron chi connectivity index (χ1n) is 36.8. The number of aromatic nitrogens is 2. The number of hydrogen-bond acceptors (Lipinski definition) is 3. The maximum Gasteiger partial charge on any atom is 0.252 e. The quantitative estimate of drug-likeness (QED) is 0.134. The van der Waals surface area contributed by atoms with Crippen LogP contribution >= 0.6 is 0 Å². The van der Waals surface area contributed by atoms with Gasteiger partial charge < -0.3 is 23.8 Å². The molecule has 6 heterocycles. The number of piperidine rings is 2. The molecule has 101 heavy (non-hydrogen) atoms. The summed E-state index contributed by atoms with van der Waals surface area (Å²) < 4.78 is 5.15. The third-order valence-corrected chi connectivity index (χ3v) is 23.6. The molecule has 6 heteroatoms. The maximum atomic E-state index is 2.92. The topological polar surface area (TPSA) is 19.6 Å². The van der Waals surface area contributed by atoms with Crippen molar-refractivity contribution in [2.24, 2.45) is 11.8 Å². The second-order valence-corrected chi connectivity index (χ2v) is 31.6. The van der Waals surface area contributed by atoms with Gasteiger partial charge in [-0.3, -0.25) is 0 Å². The highest BCUT2D eigenvalue weighted by molar-refractivity contribution is 7.00. The molecule has 2 aromatic heterocycles. The molecule has 488 valence electrons. The molecule has 6 aliphatic rings. The van der Waals surface area contributed by atoms with E-state index in [4.69, 9.17) is 0 Å². The second kappa shape index (κ2) is 22.7. The number of nitrogens with zero attached hydrogens (tertiary/aromatic N) is 5. The van der Waals surface area contributed by atoms with Crippen molar-refractivity contribution in [1.82, 2.24) is 9.13 Å². The number of rotatable bonds is 9. The molecule has 4 bridgehead atoms. The van der Waals surface area contributed by atoms with Gasteiger partial charge in [-0.1, -0.05) is 260 Å². The molecule has 0 spiro atoms. The lowest BCUT2D eigenvalue weighted by Gasteiger charge is -2.57. The van der Waals surface area contributed by atoms with Crippen molar-refractivity contribution in [1.29, 1.82) is 0 Å². The first kappa shape index (κ1) is 59.9. The molecule has 2 saturated carbocycles. The highest BCUT2D eigenvalue weighted by atomic mass is 15.2. The molecule has 2 aliphatic carbocycles. The summed E-state index contributed by atoms with van der Waals surface area (Å²) in [4.78, 5) is 8.43. The second-order valence-electron chi connectivity index (χ2n) is 31.6. The predicted molar refractivity (Wildman–Crippen MR) is 428 cm³/mol. The van der Waals surface area contributed by atoms with E-state index in [1.807, 2.05) is 0 Å². The molecule has 2 saturated heterocycles. The van der Waals surface area contributed by atoms with Crippen molar-refractivity contribution in [2.45, 2.75) is 96.6 Å². The van der Waals surface area contributed by atoms with E-state index >= 15 is 0 Å². The van der Waals surface area contributed by atoms with Gasteiger partial charge in [0.1, 0.15) is 0 Å². The molecule has 0 atom stereocenters. The van der Waals surface area contributed by atoms with E-state index in [1.54, 1.807) is 0 Å². The van der Waals surface area contributed by atoms with E-state index in [9.17, 15) is 0 Å². The summed E-state index contributed by atoms with van der Waals surface area (Å²) >= 11 is 0. The number of benzene rings is 13. The SMILES string of the molecule is CC(C)(C)c1ccc2c(c1)c1cc(C(C)(C)C)ccc1n2-c1cc2c3c(c1)N(c1c(-c4ccccc4)cccc1-c1ccccc1)c1cc(-n4c5ccccc5c5ccccc54)ccc1B3c1ccc(N3C4CC5CC(C4)CC3C5)cc1N2c1c(-c2ccccc2)cccc1-c1ccccc1. The zero-order chi connectivity index (χ0) is 67.6. The lowest BCUT2D eigenvalue weighted by atomic mass is 9.33. The average molecular weight is 1300 g/mol. The Morgan fingerprint density at radius 1 is 0.297 bits per heavy atom. The summed E-state index contributed by atoms with van der Waals surface area (Å²) in [5, 5.41) is 5.01. The van der Waals surface area contributed by atoms with Gasteiger partial charge in [0, 0.05) is 90.0 Å². The van der Waals surface area contributed by atoms with Gasteiger partial charge in [-0.2, -0.15) is 0 Å². The van der Waals surface area contributed by atoms with Gasteiger partial charge in [0.05, 0.1) is 39.1 Å². The smallest absolute Gasteiger partial charge is 0.252 e. The molecule has 21 rings (SSSR count). The Hall–Kier alpha value is -11.1. The lowest BCUT2D eigenvalue weighted by Crippen LogP contribution is -2.62. The van der Waals surface area contributed by atoms with Crippen LogP contribution in [0.1, 0.15) is 84.8 Å². The number of anilines is 7. The minimum absolute atomic E-state index is 0.0770. The van der Waals surface area contributed by atoms with Crippen LogP contribution in [0.4, 0.5) is 39.8 Å². The van der Waals surface area contributed by atoms with Crippen LogP contribution in [-0.2, 0) is 10.8 Å². The highest BCUT2D eigenvalue weighted by Gasteiger charge is 2.49. The number of hydrogen-bond donors (Lipinski definition) is 0. The molecule has 0 unspecified atom stereocenters. The van der Waals surface area contributed by atoms with Gasteiger partial charge >= 0.3 is 0 Å². The summed E-state index contributed by atoms with van der Waals surface area (Å²) in [6.07, 6.45) is 6.52. The summed E-state index contributed by atoms with van der Waals surface area (Å²) in [6.45, 7) is 13.9. The Kier molecular flexibility index (Phi) is 13.5. The van der Waals surface area contributed by atoms with Crippen LogP contribution in [0.25, 0.3) is 99.5 Å². The Labute approximate surface area is 593 Å². The molecule has 4 aliphatic heterocycles. The summed E-state index contributed by atoms with van der Waals surface area (Å²) in [6, 6.07) is 113. The van der Waals surface area contributed by atoms with Crippen LogP contribution < -0.4 is 31.1 Å². The Bertz CT molecular complexity index is 5560. The molecule has 0 radical (unpaired) electrons. The van der Waals surface area contributed by atoms with Crippen molar-refractivity contribution in [3.05, 3.63) is 302 Å². The molecule has 4 fully saturated rings. The zero-order valence-corrected chi connectivity index (χ0v) is 58.4. The Balaban J connectivity index is 0.976. The fourth-order valence-corrected chi connectivity index (χ4v) is 19.2. The van der Waals surface area contributed by atoms with Gasteiger partial charge in [-0.05, 0) is 177 Å². The van der Waals surface area contributed by atoms with E-state index in [0.29, 0.717) is 12.1 Å². The van der Waals surface area contributed by atoms with E-state index in [-0.39, 0.29) is 17.5 Å². The van der Waals surface area contributed by atoms with Gasteiger partial charge in [0.15, 0.2) is 0 Å². The van der Waals surface area contributed by atoms with Gasteiger partial charge in [0.2, 0.25) is 0 Å². The number of fused-ring (bicyclic) bond motifs is 10. The standard InChI is InChI=1S/C95H80BN5/c1-94(2,3)66-41-47-85-79(54-66)80-55-67(95(4,5)6)42-48-86(80)99(85)72-58-89-91-90(59-72)101(93-75(64-29-15-9-16-30-64)37-24-38-76(93)65-31-17-10-18-32-65)88-57-69(98-83-39-21-19-33-77(83)78-34-20-22-40-84(78)98)44-46-82(88)96(91)81-45-43-68(97-70-50-60-49-61(52-70)53-71(97)51-60)56-87(81)100(89)92-73(62-25-11-7-12-26-62)35-23-36-74(92)63-27-13-8-14-28-63/h7-48,54-61,70-71H,49-53H2,1-6H3. The Morgan fingerprint density at radius 2 is 0.653 bits per heavy atom. The molecule has 0 amide bonds. The van der Waals surface area contributed by atoms with Crippen molar-refractivity contribution < 1.29 is 0 Å². The molecule has 13 aromatic carbocycles. The van der Waals surface area contributed by atoms with Crippen LogP contribution in [0.2, 0.25) is 0 Å². The average Bonchev–Trinajstić information content (AvgIpc) is 1.01. The largest absolute Gasteiger partial charge is 0.365 e. The van der Waals surface area contributed by atoms with E-state index in [0.717, 1.165) is 62.5 Å². The molecule has 0 N–H and O–H groups in total. The summed E-state index contributed by atoms with van der Waals surface area (Å²) in [5.74, 6) is 1.64. The third-order valence-electron chi connectivity index (χ3n) is 23.6. The fraction of sp³-hybridized carbons (Fsp3) is 0.179. The summed E-state index contributed by atoms with van der Waals surface area (Å²) in [5.41, 5.74) is 30.9. The van der Waals surface area contributed by atoms with Crippen LogP contribution in [-0.4, -0.2) is 27.9 Å².